The van der Waals surface area contributed by atoms with Gasteiger partial charge in [0.15, 0.2) is 5.82 Å². The molecular formula is C26H28N6O2. The molecule has 0 fully saturated rings. The Hall–Kier alpha value is -4.20. The van der Waals surface area contributed by atoms with Gasteiger partial charge >= 0.3 is 6.03 Å². The zero-order chi connectivity index (χ0) is 24.2. The second-order valence-corrected chi connectivity index (χ2v) is 8.04. The van der Waals surface area contributed by atoms with Crippen LogP contribution in [-0.4, -0.2) is 25.8 Å². The van der Waals surface area contributed by atoms with Crippen molar-refractivity contribution in [1.82, 2.24) is 19.7 Å². The number of rotatable bonds is 6. The quantitative estimate of drug-likeness (QED) is 0.377. The lowest BCUT2D eigenvalue weighted by Crippen LogP contribution is -2.20. The van der Waals surface area contributed by atoms with Crippen LogP contribution in [0.15, 0.2) is 54.6 Å². The topological polar surface area (TPSA) is 94.0 Å². The number of carbonyl (C=O) groups excluding carboxylic acids is 1. The van der Waals surface area contributed by atoms with Gasteiger partial charge in [0.1, 0.15) is 11.6 Å². The van der Waals surface area contributed by atoms with E-state index >= 15 is 0 Å². The predicted molar refractivity (Wildman–Crippen MR) is 133 cm³/mol. The molecule has 0 saturated heterocycles. The molecule has 0 unspecified atom stereocenters. The van der Waals surface area contributed by atoms with Crippen LogP contribution in [0.5, 0.6) is 11.6 Å². The Bertz CT molecular complexity index is 1330. The van der Waals surface area contributed by atoms with Crippen molar-refractivity contribution in [2.24, 2.45) is 0 Å². The third-order valence-corrected chi connectivity index (χ3v) is 5.65. The summed E-state index contributed by atoms with van der Waals surface area (Å²) in [5.41, 5.74) is 5.64. The van der Waals surface area contributed by atoms with Crippen LogP contribution in [-0.2, 0) is 6.42 Å². The van der Waals surface area contributed by atoms with E-state index in [2.05, 4.69) is 32.6 Å². The number of aromatic nitrogens is 4. The zero-order valence-corrected chi connectivity index (χ0v) is 20.0. The number of amides is 2. The number of anilines is 2. The molecule has 0 aliphatic rings. The van der Waals surface area contributed by atoms with E-state index < -0.39 is 0 Å². The van der Waals surface area contributed by atoms with E-state index in [4.69, 9.17) is 4.74 Å². The van der Waals surface area contributed by atoms with Crippen LogP contribution >= 0.6 is 0 Å². The molecular weight excluding hydrogens is 428 g/mol. The molecule has 2 heterocycles. The first-order valence-corrected chi connectivity index (χ1v) is 11.2. The molecule has 8 nitrogen and oxygen atoms in total. The first-order valence-electron chi connectivity index (χ1n) is 11.2. The Morgan fingerprint density at radius 2 is 1.71 bits per heavy atom. The molecule has 0 spiro atoms. The van der Waals surface area contributed by atoms with Gasteiger partial charge < -0.3 is 15.4 Å². The van der Waals surface area contributed by atoms with Crippen molar-refractivity contribution < 1.29 is 9.53 Å². The molecule has 0 aliphatic carbocycles. The van der Waals surface area contributed by atoms with Crippen LogP contribution in [0.4, 0.5) is 16.2 Å². The van der Waals surface area contributed by atoms with Crippen molar-refractivity contribution >= 4 is 17.4 Å². The maximum Gasteiger partial charge on any atom is 0.323 e. The SMILES string of the molecule is CCc1ccccc1NC(=O)Nc1ccc(Oc2cc(-n3nc(C)c(C)c3C)nc(C)n2)cc1. The van der Waals surface area contributed by atoms with Gasteiger partial charge in [-0.15, -0.1) is 0 Å². The highest BCUT2D eigenvalue weighted by Crippen LogP contribution is 2.24. The molecule has 0 aliphatic heterocycles. The summed E-state index contributed by atoms with van der Waals surface area (Å²) in [5.74, 6) is 2.25. The average Bonchev–Trinajstić information content (AvgIpc) is 3.07. The van der Waals surface area contributed by atoms with Crippen LogP contribution in [0, 0.1) is 27.7 Å². The third-order valence-electron chi connectivity index (χ3n) is 5.65. The number of nitrogens with zero attached hydrogens (tertiary/aromatic N) is 4. The summed E-state index contributed by atoms with van der Waals surface area (Å²) in [5, 5.41) is 10.3. The second-order valence-electron chi connectivity index (χ2n) is 8.04. The van der Waals surface area contributed by atoms with E-state index in [1.54, 1.807) is 35.0 Å². The van der Waals surface area contributed by atoms with Crippen molar-refractivity contribution in [3.05, 3.63) is 82.9 Å². The van der Waals surface area contributed by atoms with E-state index in [1.165, 1.54) is 0 Å². The lowest BCUT2D eigenvalue weighted by atomic mass is 10.1. The molecule has 0 saturated carbocycles. The van der Waals surface area contributed by atoms with Gasteiger partial charge in [-0.1, -0.05) is 25.1 Å². The van der Waals surface area contributed by atoms with E-state index in [1.807, 2.05) is 52.0 Å². The third kappa shape index (κ3) is 5.06. The fourth-order valence-electron chi connectivity index (χ4n) is 3.59. The molecule has 34 heavy (non-hydrogen) atoms. The molecule has 0 radical (unpaired) electrons. The summed E-state index contributed by atoms with van der Waals surface area (Å²) >= 11 is 0. The van der Waals surface area contributed by atoms with Gasteiger partial charge in [0.05, 0.1) is 5.69 Å². The number of aryl methyl sites for hydroxylation is 3. The van der Waals surface area contributed by atoms with E-state index in [-0.39, 0.29) is 6.03 Å². The van der Waals surface area contributed by atoms with Crippen LogP contribution in [0.25, 0.3) is 5.82 Å². The minimum absolute atomic E-state index is 0.300. The van der Waals surface area contributed by atoms with Crippen LogP contribution in [0.2, 0.25) is 0 Å². The first kappa shape index (κ1) is 23.0. The van der Waals surface area contributed by atoms with Crippen molar-refractivity contribution in [1.29, 1.82) is 0 Å². The lowest BCUT2D eigenvalue weighted by molar-refractivity contribution is 0.262. The van der Waals surface area contributed by atoms with E-state index in [0.29, 0.717) is 29.0 Å². The number of benzene rings is 2. The zero-order valence-electron chi connectivity index (χ0n) is 20.0. The Morgan fingerprint density at radius 1 is 0.971 bits per heavy atom. The molecule has 2 N–H and O–H groups in total. The molecule has 2 aromatic carbocycles. The maximum atomic E-state index is 12.4. The summed E-state index contributed by atoms with van der Waals surface area (Å²) in [7, 11) is 0. The number of hydrogen-bond acceptors (Lipinski definition) is 5. The second kappa shape index (κ2) is 9.74. The number of urea groups is 1. The van der Waals surface area contributed by atoms with Crippen LogP contribution in [0.3, 0.4) is 0 Å². The molecule has 174 valence electrons. The van der Waals surface area contributed by atoms with Gasteiger partial charge in [-0.2, -0.15) is 10.1 Å². The average molecular weight is 457 g/mol. The van der Waals surface area contributed by atoms with E-state index in [9.17, 15) is 4.79 Å². The first-order chi connectivity index (χ1) is 16.3. The number of para-hydroxylation sites is 1. The fourth-order valence-corrected chi connectivity index (χ4v) is 3.59. The van der Waals surface area contributed by atoms with Crippen LogP contribution < -0.4 is 15.4 Å². The maximum absolute atomic E-state index is 12.4. The van der Waals surface area contributed by atoms with Crippen molar-refractivity contribution in [3.8, 4) is 17.4 Å². The predicted octanol–water partition coefficient (Wildman–Crippen LogP) is 5.89. The van der Waals surface area contributed by atoms with E-state index in [0.717, 1.165) is 34.6 Å². The Balaban J connectivity index is 1.45. The number of carbonyl (C=O) groups is 1. The van der Waals surface area contributed by atoms with Gasteiger partial charge in [0.2, 0.25) is 5.88 Å². The Labute approximate surface area is 199 Å². The molecule has 0 bridgehead atoms. The Morgan fingerprint density at radius 3 is 2.38 bits per heavy atom. The Kier molecular flexibility index (Phi) is 6.58. The number of nitrogens with one attached hydrogen (secondary N) is 2. The van der Waals surface area contributed by atoms with Crippen molar-refractivity contribution in [2.75, 3.05) is 10.6 Å². The van der Waals surface area contributed by atoms with Crippen molar-refractivity contribution in [3.63, 3.8) is 0 Å². The van der Waals surface area contributed by atoms with Gasteiger partial charge in [-0.05, 0) is 75.6 Å². The number of ether oxygens (including phenoxy) is 1. The van der Waals surface area contributed by atoms with Gasteiger partial charge in [0, 0.05) is 23.1 Å². The standard InChI is InChI=1S/C26H28N6O2/c1-6-20-9-7-8-10-23(20)30-26(33)29-21-11-13-22(14-12-21)34-25-15-24(27-19(5)28-25)32-18(4)16(2)17(3)31-32/h7-15H,6H2,1-5H3,(H2,29,30,33). The summed E-state index contributed by atoms with van der Waals surface area (Å²) in [6.07, 6.45) is 0.839. The lowest BCUT2D eigenvalue weighted by Gasteiger charge is -2.12. The highest BCUT2D eigenvalue weighted by atomic mass is 16.5. The van der Waals surface area contributed by atoms with Gasteiger partial charge in [0.25, 0.3) is 0 Å². The summed E-state index contributed by atoms with van der Waals surface area (Å²) in [6, 6.07) is 16.3. The monoisotopic (exact) mass is 456 g/mol. The molecule has 4 aromatic rings. The minimum Gasteiger partial charge on any atom is -0.439 e. The highest BCUT2D eigenvalue weighted by Gasteiger charge is 2.13. The van der Waals surface area contributed by atoms with Crippen molar-refractivity contribution in [2.45, 2.75) is 41.0 Å². The molecule has 8 heteroatoms. The molecule has 2 amide bonds. The largest absolute Gasteiger partial charge is 0.439 e. The highest BCUT2D eigenvalue weighted by molar-refractivity contribution is 6.00. The summed E-state index contributed by atoms with van der Waals surface area (Å²) in [6.45, 7) is 9.89. The van der Waals surface area contributed by atoms with Crippen LogP contribution in [0.1, 0.15) is 35.3 Å². The van der Waals surface area contributed by atoms with Gasteiger partial charge in [-0.3, -0.25) is 0 Å². The normalized spacial score (nSPS) is 10.7. The molecule has 4 rings (SSSR count). The summed E-state index contributed by atoms with van der Waals surface area (Å²) in [4.78, 5) is 21.3. The minimum atomic E-state index is -0.300. The molecule has 2 aromatic heterocycles. The number of hydrogen-bond donors (Lipinski definition) is 2. The fraction of sp³-hybridized carbons (Fsp3) is 0.231. The smallest absolute Gasteiger partial charge is 0.323 e. The van der Waals surface area contributed by atoms with Gasteiger partial charge in [-0.25, -0.2) is 14.5 Å². The summed E-state index contributed by atoms with van der Waals surface area (Å²) < 4.78 is 7.76. The molecule has 0 atom stereocenters.